The number of carboxylic acid groups (broad SMARTS) is 1. The van der Waals surface area contributed by atoms with E-state index in [0.717, 1.165) is 0 Å². The van der Waals surface area contributed by atoms with Crippen molar-refractivity contribution in [2.75, 3.05) is 18.4 Å². The Hall–Kier alpha value is -2.64. The Labute approximate surface area is 115 Å². The van der Waals surface area contributed by atoms with Crippen molar-refractivity contribution >= 4 is 23.6 Å². The number of anilines is 1. The summed E-state index contributed by atoms with van der Waals surface area (Å²) in [5.74, 6) is -2.10. The molecule has 0 unspecified atom stereocenters. The number of rotatable bonds is 6. The van der Waals surface area contributed by atoms with Gasteiger partial charge in [-0.2, -0.15) is 0 Å². The van der Waals surface area contributed by atoms with Crippen LogP contribution in [-0.4, -0.2) is 41.0 Å². The first kappa shape index (κ1) is 15.4. The van der Waals surface area contributed by atoms with Gasteiger partial charge in [0.15, 0.2) is 0 Å². The minimum Gasteiger partial charge on any atom is -0.480 e. The third-order valence-electron chi connectivity index (χ3n) is 2.44. The van der Waals surface area contributed by atoms with E-state index in [0.29, 0.717) is 11.3 Å². The number of hydrogen-bond acceptors (Lipinski definition) is 5. The molecule has 8 nitrogen and oxygen atoms in total. The van der Waals surface area contributed by atoms with Crippen molar-refractivity contribution < 1.29 is 19.5 Å². The molecule has 0 fully saturated rings. The molecular formula is C12H16N4O4. The monoisotopic (exact) mass is 280 g/mol. The highest BCUT2D eigenvalue weighted by molar-refractivity contribution is 5.99. The maximum Gasteiger partial charge on any atom is 0.322 e. The molecule has 2 amide bonds. The molecule has 0 radical (unpaired) electrons. The van der Waals surface area contributed by atoms with Gasteiger partial charge >= 0.3 is 5.97 Å². The largest absolute Gasteiger partial charge is 0.480 e. The van der Waals surface area contributed by atoms with Crippen LogP contribution in [0.5, 0.6) is 0 Å². The molecule has 0 aliphatic heterocycles. The highest BCUT2D eigenvalue weighted by Crippen LogP contribution is 2.17. The van der Waals surface area contributed by atoms with Crippen LogP contribution >= 0.6 is 0 Å². The van der Waals surface area contributed by atoms with E-state index in [1.165, 1.54) is 0 Å². The Balaban J connectivity index is 2.79. The molecule has 0 aliphatic rings. The van der Waals surface area contributed by atoms with E-state index in [2.05, 4.69) is 15.6 Å². The first-order valence-corrected chi connectivity index (χ1v) is 5.81. The number of carboxylic acids is 1. The molecule has 0 aromatic carbocycles. The van der Waals surface area contributed by atoms with Crippen LogP contribution in [0, 0.1) is 13.8 Å². The smallest absolute Gasteiger partial charge is 0.322 e. The van der Waals surface area contributed by atoms with Gasteiger partial charge in [-0.25, -0.2) is 4.98 Å². The molecule has 108 valence electrons. The summed E-state index contributed by atoms with van der Waals surface area (Å²) in [6, 6.07) is 1.70. The molecule has 8 heteroatoms. The number of nitrogens with zero attached hydrogens (tertiary/aromatic N) is 1. The van der Waals surface area contributed by atoms with Crippen molar-refractivity contribution in [1.82, 2.24) is 10.3 Å². The number of carbonyl (C=O) groups excluding carboxylic acids is 2. The molecule has 0 spiro atoms. The van der Waals surface area contributed by atoms with E-state index in [1.54, 1.807) is 19.9 Å². The van der Waals surface area contributed by atoms with Gasteiger partial charge < -0.3 is 21.5 Å². The van der Waals surface area contributed by atoms with E-state index in [4.69, 9.17) is 10.8 Å². The lowest BCUT2D eigenvalue weighted by atomic mass is 10.1. The van der Waals surface area contributed by atoms with Gasteiger partial charge in [0.05, 0.1) is 12.1 Å². The second-order valence-corrected chi connectivity index (χ2v) is 4.19. The zero-order valence-electron chi connectivity index (χ0n) is 11.2. The predicted molar refractivity (Wildman–Crippen MR) is 71.4 cm³/mol. The summed E-state index contributed by atoms with van der Waals surface area (Å²) in [6.07, 6.45) is 0. The van der Waals surface area contributed by atoms with Crippen LogP contribution in [0.15, 0.2) is 6.07 Å². The first-order chi connectivity index (χ1) is 9.31. The molecular weight excluding hydrogens is 264 g/mol. The normalized spacial score (nSPS) is 9.90. The van der Waals surface area contributed by atoms with Crippen molar-refractivity contribution in [2.45, 2.75) is 13.8 Å². The quantitative estimate of drug-likeness (QED) is 0.550. The van der Waals surface area contributed by atoms with E-state index >= 15 is 0 Å². The van der Waals surface area contributed by atoms with Crippen LogP contribution < -0.4 is 16.4 Å². The number of amides is 2. The maximum absolute atomic E-state index is 11.4. The third kappa shape index (κ3) is 4.23. The van der Waals surface area contributed by atoms with Crippen LogP contribution in [0.2, 0.25) is 0 Å². The zero-order valence-corrected chi connectivity index (χ0v) is 11.2. The molecule has 0 aliphatic carbocycles. The number of carbonyl (C=O) groups is 3. The van der Waals surface area contributed by atoms with Crippen LogP contribution in [0.1, 0.15) is 21.6 Å². The second kappa shape index (κ2) is 6.50. The number of aromatic nitrogens is 1. The van der Waals surface area contributed by atoms with Gasteiger partial charge in [0.25, 0.3) is 5.91 Å². The molecule has 20 heavy (non-hydrogen) atoms. The Morgan fingerprint density at radius 2 is 1.95 bits per heavy atom. The molecule has 0 bridgehead atoms. The average Bonchev–Trinajstić information content (AvgIpc) is 2.32. The van der Waals surface area contributed by atoms with E-state index in [1.807, 2.05) is 0 Å². The lowest BCUT2D eigenvalue weighted by Gasteiger charge is -2.12. The summed E-state index contributed by atoms with van der Waals surface area (Å²) < 4.78 is 0. The molecule has 0 saturated carbocycles. The topological polar surface area (TPSA) is 134 Å². The lowest BCUT2D eigenvalue weighted by Crippen LogP contribution is -2.34. The Bertz CT molecular complexity index is 557. The molecule has 1 rings (SSSR count). The van der Waals surface area contributed by atoms with Gasteiger partial charge in [-0.15, -0.1) is 0 Å². The number of hydrogen-bond donors (Lipinski definition) is 4. The number of nitrogens with one attached hydrogen (secondary N) is 2. The fourth-order valence-corrected chi connectivity index (χ4v) is 1.68. The molecule has 1 aromatic rings. The van der Waals surface area contributed by atoms with Gasteiger partial charge in [0, 0.05) is 5.69 Å². The van der Waals surface area contributed by atoms with Gasteiger partial charge in [0.1, 0.15) is 12.4 Å². The number of primary amides is 1. The zero-order chi connectivity index (χ0) is 15.3. The minimum absolute atomic E-state index is 0.205. The molecule has 1 heterocycles. The summed E-state index contributed by atoms with van der Waals surface area (Å²) in [6.45, 7) is 2.78. The first-order valence-electron chi connectivity index (χ1n) is 5.81. The van der Waals surface area contributed by atoms with E-state index in [-0.39, 0.29) is 17.9 Å². The van der Waals surface area contributed by atoms with Crippen LogP contribution in [-0.2, 0) is 9.59 Å². The van der Waals surface area contributed by atoms with Crippen LogP contribution in [0.25, 0.3) is 0 Å². The predicted octanol–water partition coefficient (Wildman–Crippen LogP) is -0.590. The second-order valence-electron chi connectivity index (χ2n) is 4.19. The fourth-order valence-electron chi connectivity index (χ4n) is 1.68. The molecule has 0 atom stereocenters. The highest BCUT2D eigenvalue weighted by Gasteiger charge is 2.14. The third-order valence-corrected chi connectivity index (χ3v) is 2.44. The number of aryl methyl sites for hydroxylation is 2. The van der Waals surface area contributed by atoms with Crippen molar-refractivity contribution in [3.63, 3.8) is 0 Å². The van der Waals surface area contributed by atoms with Gasteiger partial charge in [-0.1, -0.05) is 0 Å². The van der Waals surface area contributed by atoms with E-state index < -0.39 is 24.3 Å². The fraction of sp³-hybridized carbons (Fsp3) is 0.333. The summed E-state index contributed by atoms with van der Waals surface area (Å²) >= 11 is 0. The van der Waals surface area contributed by atoms with Gasteiger partial charge in [-0.05, 0) is 25.5 Å². The van der Waals surface area contributed by atoms with Crippen molar-refractivity contribution in [1.29, 1.82) is 0 Å². The summed E-state index contributed by atoms with van der Waals surface area (Å²) in [5, 5.41) is 13.3. The Kier molecular flexibility index (Phi) is 5.01. The van der Waals surface area contributed by atoms with Gasteiger partial charge in [0.2, 0.25) is 5.91 Å². The summed E-state index contributed by atoms with van der Waals surface area (Å²) in [4.78, 5) is 37.2. The van der Waals surface area contributed by atoms with E-state index in [9.17, 15) is 14.4 Å². The summed E-state index contributed by atoms with van der Waals surface area (Å²) in [7, 11) is 0. The Morgan fingerprint density at radius 1 is 1.30 bits per heavy atom. The van der Waals surface area contributed by atoms with Crippen LogP contribution in [0.3, 0.4) is 0 Å². The minimum atomic E-state index is -1.14. The lowest BCUT2D eigenvalue weighted by molar-refractivity contribution is -0.137. The number of aliphatic carboxylic acids is 1. The molecule has 5 N–H and O–H groups in total. The van der Waals surface area contributed by atoms with Crippen molar-refractivity contribution in [3.8, 4) is 0 Å². The van der Waals surface area contributed by atoms with Crippen molar-refractivity contribution in [3.05, 3.63) is 22.9 Å². The number of nitrogens with two attached hydrogens (primary N) is 1. The average molecular weight is 280 g/mol. The molecule has 0 saturated heterocycles. The standard InChI is InChI=1S/C12H16N4O4/c1-6-3-7(2)16-12(10(6)11(13)20)15-4-8(17)14-5-9(18)19/h3H,4-5H2,1-2H3,(H2,13,20)(H,14,17)(H,15,16)(H,18,19). The highest BCUT2D eigenvalue weighted by atomic mass is 16.4. The van der Waals surface area contributed by atoms with Crippen LogP contribution in [0.4, 0.5) is 5.82 Å². The Morgan fingerprint density at radius 3 is 2.50 bits per heavy atom. The molecule has 1 aromatic heterocycles. The summed E-state index contributed by atoms with van der Waals surface area (Å²) in [5.41, 5.74) is 6.80. The van der Waals surface area contributed by atoms with Gasteiger partial charge in [-0.3, -0.25) is 14.4 Å². The van der Waals surface area contributed by atoms with Crippen molar-refractivity contribution in [2.24, 2.45) is 5.73 Å². The SMILES string of the molecule is Cc1cc(C)c(C(N)=O)c(NCC(=O)NCC(=O)O)n1. The maximum atomic E-state index is 11.4. The number of pyridine rings is 1.